The Morgan fingerprint density at radius 2 is 1.97 bits per heavy atom. The minimum absolute atomic E-state index is 0.0778. The van der Waals surface area contributed by atoms with Crippen LogP contribution in [0.15, 0.2) is 53.7 Å². The lowest BCUT2D eigenvalue weighted by atomic mass is 9.99. The van der Waals surface area contributed by atoms with Gasteiger partial charge in [-0.25, -0.2) is 9.69 Å². The smallest absolute Gasteiger partial charge is 0.417 e. The van der Waals surface area contributed by atoms with Gasteiger partial charge in [0.15, 0.2) is 6.10 Å². The highest BCUT2D eigenvalue weighted by Crippen LogP contribution is 2.22. The van der Waals surface area contributed by atoms with E-state index in [1.807, 2.05) is 6.07 Å². The van der Waals surface area contributed by atoms with Gasteiger partial charge in [-0.3, -0.25) is 9.59 Å². The molecule has 0 bridgehead atoms. The fourth-order valence-electron chi connectivity index (χ4n) is 3.27. The fraction of sp³-hybridized carbons (Fsp3) is 0.304. The Labute approximate surface area is 195 Å². The van der Waals surface area contributed by atoms with Crippen LogP contribution in [-0.4, -0.2) is 64.8 Å². The van der Waals surface area contributed by atoms with Gasteiger partial charge in [0.2, 0.25) is 5.90 Å². The molecule has 0 aliphatic carbocycles. The van der Waals surface area contributed by atoms with Crippen molar-refractivity contribution in [3.8, 4) is 5.75 Å². The van der Waals surface area contributed by atoms with Crippen LogP contribution in [0, 0.1) is 0 Å². The number of amides is 2. The van der Waals surface area contributed by atoms with Crippen molar-refractivity contribution in [1.82, 2.24) is 4.90 Å². The van der Waals surface area contributed by atoms with E-state index in [1.54, 1.807) is 24.3 Å². The second-order valence-corrected chi connectivity index (χ2v) is 7.57. The third-order valence-electron chi connectivity index (χ3n) is 5.08. The molecule has 2 aromatic rings. The largest absolute Gasteiger partial charge is 0.508 e. The maximum absolute atomic E-state index is 13.5. The summed E-state index contributed by atoms with van der Waals surface area (Å²) >= 11 is 0. The molecule has 4 N–H and O–H groups in total. The zero-order valence-corrected chi connectivity index (χ0v) is 18.4. The molecule has 3 rings (SSSR count). The fourth-order valence-corrected chi connectivity index (χ4v) is 3.27. The van der Waals surface area contributed by atoms with E-state index >= 15 is 0 Å². The summed E-state index contributed by atoms with van der Waals surface area (Å²) in [5.74, 6) is -2.00. The number of rotatable bonds is 8. The summed E-state index contributed by atoms with van der Waals surface area (Å²) in [5.41, 5.74) is 6.52. The van der Waals surface area contributed by atoms with Crippen molar-refractivity contribution in [2.75, 3.05) is 13.7 Å². The van der Waals surface area contributed by atoms with E-state index < -0.39 is 30.1 Å². The number of carboxylic acid groups (broad SMARTS) is 1. The number of nitrogens with two attached hydrogens (primary N) is 1. The van der Waals surface area contributed by atoms with Gasteiger partial charge in [0.1, 0.15) is 18.4 Å². The first-order valence-corrected chi connectivity index (χ1v) is 10.4. The van der Waals surface area contributed by atoms with Crippen LogP contribution in [0.2, 0.25) is 0 Å². The first-order chi connectivity index (χ1) is 16.3. The van der Waals surface area contributed by atoms with E-state index in [0.717, 1.165) is 16.5 Å². The molecule has 1 heterocycles. The minimum atomic E-state index is -1.29. The van der Waals surface area contributed by atoms with E-state index in [-0.39, 0.29) is 42.9 Å². The summed E-state index contributed by atoms with van der Waals surface area (Å²) < 4.78 is 10.4. The molecule has 0 saturated heterocycles. The monoisotopic (exact) mass is 471 g/mol. The maximum atomic E-state index is 13.5. The number of aliphatic carboxylic acids is 1. The number of aromatic hydroxyl groups is 1. The molecule has 11 nitrogen and oxygen atoms in total. The summed E-state index contributed by atoms with van der Waals surface area (Å²) in [5, 5.41) is 22.9. The van der Waals surface area contributed by atoms with Gasteiger partial charge in [-0.2, -0.15) is 0 Å². The van der Waals surface area contributed by atoms with Gasteiger partial charge >= 0.3 is 12.1 Å². The molecule has 1 unspecified atom stereocenters. The third kappa shape index (κ3) is 6.23. The SMILES string of the molecule is COC1=NOC(CN(C(=O)OCc2ccccc2)C(=O)c2cc(O)ccc2C[C@H](N)C(=O)O)C1. The van der Waals surface area contributed by atoms with Gasteiger partial charge in [0.25, 0.3) is 5.91 Å². The van der Waals surface area contributed by atoms with Gasteiger partial charge in [-0.15, -0.1) is 0 Å². The van der Waals surface area contributed by atoms with E-state index in [1.165, 1.54) is 19.2 Å². The first kappa shape index (κ1) is 24.5. The normalized spacial score (nSPS) is 15.6. The molecular formula is C23H25N3O8. The Morgan fingerprint density at radius 3 is 2.62 bits per heavy atom. The Balaban J connectivity index is 1.86. The highest BCUT2D eigenvalue weighted by Gasteiger charge is 2.33. The first-order valence-electron chi connectivity index (χ1n) is 10.4. The number of carbonyl (C=O) groups excluding carboxylic acids is 2. The molecule has 11 heteroatoms. The molecule has 0 radical (unpaired) electrons. The van der Waals surface area contributed by atoms with Crippen molar-refractivity contribution in [2.45, 2.75) is 31.6 Å². The molecule has 1 aliphatic heterocycles. The molecule has 0 fully saturated rings. The number of phenols is 1. The number of hydrogen-bond donors (Lipinski definition) is 3. The second kappa shape index (κ2) is 11.1. The molecule has 34 heavy (non-hydrogen) atoms. The number of hydrogen-bond acceptors (Lipinski definition) is 9. The molecular weight excluding hydrogens is 446 g/mol. The van der Waals surface area contributed by atoms with E-state index in [0.29, 0.717) is 5.90 Å². The lowest BCUT2D eigenvalue weighted by Crippen LogP contribution is -2.43. The van der Waals surface area contributed by atoms with Crippen LogP contribution in [0.1, 0.15) is 27.9 Å². The summed E-state index contributed by atoms with van der Waals surface area (Å²) in [6, 6.07) is 11.5. The Hall–Kier alpha value is -4.12. The lowest BCUT2D eigenvalue weighted by molar-refractivity contribution is -0.138. The van der Waals surface area contributed by atoms with Crippen LogP contribution in [0.4, 0.5) is 4.79 Å². The van der Waals surface area contributed by atoms with Gasteiger partial charge in [-0.1, -0.05) is 41.6 Å². The third-order valence-corrected chi connectivity index (χ3v) is 5.08. The average Bonchev–Trinajstić information content (AvgIpc) is 3.30. The zero-order chi connectivity index (χ0) is 24.7. The second-order valence-electron chi connectivity index (χ2n) is 7.57. The summed E-state index contributed by atoms with van der Waals surface area (Å²) in [6.45, 7) is -0.297. The van der Waals surface area contributed by atoms with E-state index in [2.05, 4.69) is 5.16 Å². The number of carboxylic acids is 1. The van der Waals surface area contributed by atoms with Crippen LogP contribution in [0.3, 0.4) is 0 Å². The zero-order valence-electron chi connectivity index (χ0n) is 18.4. The van der Waals surface area contributed by atoms with E-state index in [4.69, 9.17) is 25.2 Å². The molecule has 2 aromatic carbocycles. The highest BCUT2D eigenvalue weighted by atomic mass is 16.7. The molecule has 2 atom stereocenters. The minimum Gasteiger partial charge on any atom is -0.508 e. The molecule has 0 spiro atoms. The van der Waals surface area contributed by atoms with Crippen LogP contribution in [0.25, 0.3) is 0 Å². The molecule has 0 saturated carbocycles. The number of carbonyl (C=O) groups is 3. The van der Waals surface area contributed by atoms with Gasteiger partial charge in [0.05, 0.1) is 20.1 Å². The highest BCUT2D eigenvalue weighted by molar-refractivity contribution is 6.04. The van der Waals surface area contributed by atoms with Crippen molar-refractivity contribution in [3.05, 3.63) is 65.2 Å². The maximum Gasteiger partial charge on any atom is 0.417 e. The van der Waals surface area contributed by atoms with Crippen molar-refractivity contribution in [2.24, 2.45) is 10.9 Å². The van der Waals surface area contributed by atoms with Crippen LogP contribution in [0.5, 0.6) is 5.75 Å². The van der Waals surface area contributed by atoms with Crippen LogP contribution < -0.4 is 5.73 Å². The van der Waals surface area contributed by atoms with Gasteiger partial charge in [0, 0.05) is 5.56 Å². The van der Waals surface area contributed by atoms with E-state index in [9.17, 15) is 19.5 Å². The van der Waals surface area contributed by atoms with Crippen molar-refractivity contribution < 1.29 is 38.9 Å². The Bertz CT molecular complexity index is 1070. The van der Waals surface area contributed by atoms with Crippen LogP contribution in [-0.2, 0) is 32.1 Å². The molecule has 2 amide bonds. The van der Waals surface area contributed by atoms with Crippen molar-refractivity contribution in [1.29, 1.82) is 0 Å². The number of imide groups is 1. The Kier molecular flexibility index (Phi) is 8.04. The van der Waals surface area contributed by atoms with Gasteiger partial charge in [-0.05, 0) is 29.7 Å². The van der Waals surface area contributed by atoms with Crippen molar-refractivity contribution >= 4 is 23.9 Å². The summed E-state index contributed by atoms with van der Waals surface area (Å²) in [4.78, 5) is 43.7. The van der Waals surface area contributed by atoms with Crippen LogP contribution >= 0.6 is 0 Å². The standard InChI is InChI=1S/C23H25N3O8/c1-32-20-11-17(34-25-20)12-26(23(31)33-13-14-5-3-2-4-6-14)21(28)18-10-16(27)8-7-15(18)9-19(24)22(29)30/h2-8,10,17,19,27H,9,11-13,24H2,1H3,(H,29,30)/t17?,19-/m0/s1. The molecule has 180 valence electrons. The number of ether oxygens (including phenoxy) is 2. The molecule has 1 aliphatic rings. The quantitative estimate of drug-likeness (QED) is 0.522. The number of phenolic OH excluding ortho intramolecular Hbond substituents is 1. The predicted molar refractivity (Wildman–Crippen MR) is 119 cm³/mol. The summed E-state index contributed by atoms with van der Waals surface area (Å²) in [6.07, 6.45) is -1.59. The number of benzene rings is 2. The van der Waals surface area contributed by atoms with Crippen molar-refractivity contribution in [3.63, 3.8) is 0 Å². The average molecular weight is 471 g/mol. The predicted octanol–water partition coefficient (Wildman–Crippen LogP) is 1.87. The summed E-state index contributed by atoms with van der Waals surface area (Å²) in [7, 11) is 1.42. The van der Waals surface area contributed by atoms with Gasteiger partial charge < -0.3 is 30.3 Å². The Morgan fingerprint density at radius 1 is 1.24 bits per heavy atom. The number of nitrogens with zero attached hydrogens (tertiary/aromatic N) is 2. The number of methoxy groups -OCH3 is 1. The molecule has 0 aromatic heterocycles. The number of oxime groups is 1. The lowest BCUT2D eigenvalue weighted by Gasteiger charge is -2.24. The topological polar surface area (TPSA) is 161 Å².